The number of amides is 1. The predicted molar refractivity (Wildman–Crippen MR) is 104 cm³/mol. The largest absolute Gasteiger partial charge is 0.484 e. The van der Waals surface area contributed by atoms with E-state index < -0.39 is 5.91 Å². The second-order valence-electron chi connectivity index (χ2n) is 5.79. The van der Waals surface area contributed by atoms with Gasteiger partial charge in [-0.3, -0.25) is 4.79 Å². The molecule has 140 valence electrons. The first-order valence-corrected chi connectivity index (χ1v) is 9.26. The van der Waals surface area contributed by atoms with Crippen LogP contribution in [0.3, 0.4) is 0 Å². The highest BCUT2D eigenvalue weighted by Crippen LogP contribution is 2.14. The molecule has 0 aliphatic heterocycles. The summed E-state index contributed by atoms with van der Waals surface area (Å²) in [5, 5.41) is 6.42. The maximum atomic E-state index is 10.8. The number of aryl methyl sites for hydroxylation is 1. The first kappa shape index (κ1) is 19.7. The molecule has 7 nitrogen and oxygen atoms in total. The number of nitrogens with two attached hydrogens (primary N) is 1. The van der Waals surface area contributed by atoms with Gasteiger partial charge in [-0.2, -0.15) is 0 Å². The molecule has 3 N–H and O–H groups in total. The maximum absolute atomic E-state index is 10.8. The Morgan fingerprint density at radius 1 is 1.46 bits per heavy atom. The van der Waals surface area contributed by atoms with Crippen molar-refractivity contribution in [2.75, 3.05) is 20.2 Å². The van der Waals surface area contributed by atoms with Gasteiger partial charge in [-0.15, -0.1) is 11.3 Å². The fourth-order valence-electron chi connectivity index (χ4n) is 2.32. The fourth-order valence-corrected chi connectivity index (χ4v) is 2.93. The minimum atomic E-state index is -0.498. The standard InChI is InChI=1S/C18H25N5O2S/c1-4-20-18(23(3)10-15-12-26-13(2)22-15)21-9-14-6-5-7-16(8-14)25-11-17(19)24/h5-8,12H,4,9-11H2,1-3H3,(H2,19,24)(H,20,21). The first-order chi connectivity index (χ1) is 12.5. The van der Waals surface area contributed by atoms with Crippen LogP contribution >= 0.6 is 11.3 Å². The molecule has 0 spiro atoms. The van der Waals surface area contributed by atoms with Crippen molar-refractivity contribution in [1.82, 2.24) is 15.2 Å². The zero-order valence-corrected chi connectivity index (χ0v) is 16.2. The molecule has 0 aliphatic carbocycles. The molecule has 1 aromatic heterocycles. The lowest BCUT2D eigenvalue weighted by Crippen LogP contribution is -2.38. The van der Waals surface area contributed by atoms with Crippen molar-refractivity contribution in [1.29, 1.82) is 0 Å². The minimum Gasteiger partial charge on any atom is -0.484 e. The Morgan fingerprint density at radius 2 is 2.27 bits per heavy atom. The third-order valence-electron chi connectivity index (χ3n) is 3.45. The maximum Gasteiger partial charge on any atom is 0.255 e. The number of rotatable bonds is 8. The van der Waals surface area contributed by atoms with Crippen LogP contribution in [0.5, 0.6) is 5.75 Å². The minimum absolute atomic E-state index is 0.134. The molecule has 0 saturated heterocycles. The van der Waals surface area contributed by atoms with Gasteiger partial charge in [0.25, 0.3) is 5.91 Å². The molecule has 0 saturated carbocycles. The van der Waals surface area contributed by atoms with Gasteiger partial charge in [0.2, 0.25) is 0 Å². The summed E-state index contributed by atoms with van der Waals surface area (Å²) in [6, 6.07) is 7.49. The molecule has 0 bridgehead atoms. The van der Waals surface area contributed by atoms with E-state index in [9.17, 15) is 4.79 Å². The highest BCUT2D eigenvalue weighted by Gasteiger charge is 2.09. The number of aliphatic imine (C=N–C) groups is 1. The Balaban J connectivity index is 2.03. The van der Waals surface area contributed by atoms with Crippen LogP contribution in [0.25, 0.3) is 0 Å². The van der Waals surface area contributed by atoms with Crippen molar-refractivity contribution in [3.63, 3.8) is 0 Å². The number of aromatic nitrogens is 1. The number of hydrogen-bond donors (Lipinski definition) is 2. The van der Waals surface area contributed by atoms with E-state index in [4.69, 9.17) is 10.5 Å². The van der Waals surface area contributed by atoms with E-state index in [1.54, 1.807) is 17.4 Å². The van der Waals surface area contributed by atoms with E-state index >= 15 is 0 Å². The number of guanidine groups is 1. The smallest absolute Gasteiger partial charge is 0.255 e. The summed E-state index contributed by atoms with van der Waals surface area (Å²) in [5.41, 5.74) is 7.12. The van der Waals surface area contributed by atoms with E-state index in [-0.39, 0.29) is 6.61 Å². The van der Waals surface area contributed by atoms with Crippen LogP contribution < -0.4 is 15.8 Å². The Bertz CT molecular complexity index is 760. The van der Waals surface area contributed by atoms with Crippen LogP contribution in [0.2, 0.25) is 0 Å². The zero-order valence-electron chi connectivity index (χ0n) is 15.4. The predicted octanol–water partition coefficient (Wildman–Crippen LogP) is 1.91. The van der Waals surface area contributed by atoms with E-state index in [0.717, 1.165) is 28.8 Å². The Labute approximate surface area is 157 Å². The number of hydrogen-bond acceptors (Lipinski definition) is 5. The van der Waals surface area contributed by atoms with Crippen LogP contribution in [-0.2, 0) is 17.9 Å². The summed E-state index contributed by atoms with van der Waals surface area (Å²) in [5.74, 6) is 0.913. The Morgan fingerprint density at radius 3 is 2.92 bits per heavy atom. The fraction of sp³-hybridized carbons (Fsp3) is 0.389. The Hall–Kier alpha value is -2.61. The zero-order chi connectivity index (χ0) is 18.9. The van der Waals surface area contributed by atoms with E-state index in [1.165, 1.54) is 0 Å². The van der Waals surface area contributed by atoms with Crippen LogP contribution in [0.4, 0.5) is 0 Å². The van der Waals surface area contributed by atoms with Crippen molar-refractivity contribution >= 4 is 23.2 Å². The van der Waals surface area contributed by atoms with Gasteiger partial charge >= 0.3 is 0 Å². The normalized spacial score (nSPS) is 11.3. The van der Waals surface area contributed by atoms with Crippen molar-refractivity contribution in [3.8, 4) is 5.75 Å². The molecule has 0 unspecified atom stereocenters. The summed E-state index contributed by atoms with van der Waals surface area (Å²) in [6.07, 6.45) is 0. The average molecular weight is 375 g/mol. The van der Waals surface area contributed by atoms with Crippen molar-refractivity contribution in [3.05, 3.63) is 45.9 Å². The van der Waals surface area contributed by atoms with Crippen LogP contribution in [-0.4, -0.2) is 41.9 Å². The topological polar surface area (TPSA) is 92.8 Å². The van der Waals surface area contributed by atoms with Gasteiger partial charge in [-0.25, -0.2) is 9.98 Å². The lowest BCUT2D eigenvalue weighted by molar-refractivity contribution is -0.119. The summed E-state index contributed by atoms with van der Waals surface area (Å²) in [4.78, 5) is 22.1. The molecule has 1 heterocycles. The monoisotopic (exact) mass is 375 g/mol. The first-order valence-electron chi connectivity index (χ1n) is 8.38. The Kier molecular flexibility index (Phi) is 7.40. The molecular weight excluding hydrogens is 350 g/mol. The molecule has 8 heteroatoms. The molecule has 0 radical (unpaired) electrons. The molecule has 0 atom stereocenters. The van der Waals surface area contributed by atoms with Gasteiger partial charge in [0.15, 0.2) is 12.6 Å². The van der Waals surface area contributed by atoms with Crippen molar-refractivity contribution < 1.29 is 9.53 Å². The van der Waals surface area contributed by atoms with Gasteiger partial charge < -0.3 is 20.7 Å². The lowest BCUT2D eigenvalue weighted by atomic mass is 10.2. The van der Waals surface area contributed by atoms with Crippen molar-refractivity contribution in [2.45, 2.75) is 26.9 Å². The second-order valence-corrected chi connectivity index (χ2v) is 6.85. The van der Waals surface area contributed by atoms with Gasteiger partial charge in [0.1, 0.15) is 5.75 Å². The van der Waals surface area contributed by atoms with Crippen LogP contribution in [0, 0.1) is 6.92 Å². The molecule has 0 fully saturated rings. The third-order valence-corrected chi connectivity index (χ3v) is 4.28. The molecule has 0 aliphatic rings. The van der Waals surface area contributed by atoms with E-state index in [1.807, 2.05) is 44.0 Å². The summed E-state index contributed by atoms with van der Waals surface area (Å²) >= 11 is 1.65. The summed E-state index contributed by atoms with van der Waals surface area (Å²) in [7, 11) is 1.99. The molecule has 1 aromatic carbocycles. The summed E-state index contributed by atoms with van der Waals surface area (Å²) in [6.45, 7) is 5.87. The molecule has 26 heavy (non-hydrogen) atoms. The molecule has 1 amide bonds. The number of primary amides is 1. The second kappa shape index (κ2) is 9.76. The van der Waals surface area contributed by atoms with E-state index in [2.05, 4.69) is 20.7 Å². The van der Waals surface area contributed by atoms with Crippen molar-refractivity contribution in [2.24, 2.45) is 10.7 Å². The van der Waals surface area contributed by atoms with Gasteiger partial charge in [-0.1, -0.05) is 12.1 Å². The molecule has 2 aromatic rings. The van der Waals surface area contributed by atoms with E-state index in [0.29, 0.717) is 18.8 Å². The number of thiazole rings is 1. The number of nitrogens with zero attached hydrogens (tertiary/aromatic N) is 3. The van der Waals surface area contributed by atoms with Crippen LogP contribution in [0.15, 0.2) is 34.6 Å². The van der Waals surface area contributed by atoms with Gasteiger partial charge in [0.05, 0.1) is 23.8 Å². The molecule has 2 rings (SSSR count). The molecular formula is C18H25N5O2S. The number of carbonyl (C=O) groups excluding carboxylic acids is 1. The average Bonchev–Trinajstić information content (AvgIpc) is 3.01. The SMILES string of the molecule is CCNC(=NCc1cccc(OCC(N)=O)c1)N(C)Cc1csc(C)n1. The highest BCUT2D eigenvalue weighted by atomic mass is 32.1. The van der Waals surface area contributed by atoms with Crippen LogP contribution in [0.1, 0.15) is 23.2 Å². The third kappa shape index (κ3) is 6.36. The highest BCUT2D eigenvalue weighted by molar-refractivity contribution is 7.09. The lowest BCUT2D eigenvalue weighted by Gasteiger charge is -2.21. The van der Waals surface area contributed by atoms with Gasteiger partial charge in [-0.05, 0) is 31.5 Å². The van der Waals surface area contributed by atoms with Gasteiger partial charge in [0, 0.05) is 19.0 Å². The number of benzene rings is 1. The number of carbonyl (C=O) groups is 1. The quantitative estimate of drug-likeness (QED) is 0.543. The number of ether oxygens (including phenoxy) is 1. The summed E-state index contributed by atoms with van der Waals surface area (Å²) < 4.78 is 5.34. The number of nitrogens with one attached hydrogen (secondary N) is 1.